The van der Waals surface area contributed by atoms with Gasteiger partial charge in [0.1, 0.15) is 4.90 Å². The third kappa shape index (κ3) is 5.25. The molecule has 2 N–H and O–H groups in total. The van der Waals surface area contributed by atoms with Gasteiger partial charge in [-0.15, -0.1) is 0 Å². The molecule has 1 aromatic rings. The van der Waals surface area contributed by atoms with Crippen molar-refractivity contribution in [3.63, 3.8) is 0 Å². The Bertz CT molecular complexity index is 571. The highest BCUT2D eigenvalue weighted by molar-refractivity contribution is 7.89. The zero-order valence-corrected chi connectivity index (χ0v) is 13.9. The van der Waals surface area contributed by atoms with Crippen LogP contribution in [0.2, 0.25) is 5.02 Å². The van der Waals surface area contributed by atoms with E-state index in [4.69, 9.17) is 11.6 Å². The summed E-state index contributed by atoms with van der Waals surface area (Å²) < 4.78 is 27.3. The Hall–Kier alpha value is -0.620. The molecule has 0 radical (unpaired) electrons. The largest absolute Gasteiger partial charge is 0.313 e. The van der Waals surface area contributed by atoms with Crippen molar-refractivity contribution >= 4 is 21.6 Å². The number of nitrogens with one attached hydrogen (secondary N) is 2. The second-order valence-corrected chi connectivity index (χ2v) is 7.71. The molecule has 0 aromatic heterocycles. The van der Waals surface area contributed by atoms with Gasteiger partial charge in [-0.05, 0) is 43.0 Å². The predicted molar refractivity (Wildman–Crippen MR) is 86.0 cm³/mol. The second kappa shape index (κ2) is 7.58. The Labute approximate surface area is 132 Å². The molecule has 21 heavy (non-hydrogen) atoms. The van der Waals surface area contributed by atoms with Crippen LogP contribution in [0, 0.1) is 5.92 Å². The number of rotatable bonds is 9. The van der Waals surface area contributed by atoms with Gasteiger partial charge in [0.05, 0.1) is 5.02 Å². The van der Waals surface area contributed by atoms with Gasteiger partial charge in [0.2, 0.25) is 10.0 Å². The van der Waals surface area contributed by atoms with E-state index < -0.39 is 10.0 Å². The summed E-state index contributed by atoms with van der Waals surface area (Å²) in [5, 5.41) is 3.53. The van der Waals surface area contributed by atoms with Gasteiger partial charge in [-0.2, -0.15) is 0 Å². The molecule has 1 fully saturated rings. The summed E-state index contributed by atoms with van der Waals surface area (Å²) in [4.78, 5) is 0.177. The Balaban J connectivity index is 2.02. The standard InChI is InChI=1S/C15H23ClN2O2S/c1-2-8-17-11-13-5-6-14(16)15(10-13)21(19,20)18-9-7-12-3-4-12/h5-6,10,12,17-18H,2-4,7-9,11H2,1H3. The first-order valence-electron chi connectivity index (χ1n) is 7.51. The van der Waals surface area contributed by atoms with Crippen LogP contribution in [0.5, 0.6) is 0 Å². The van der Waals surface area contributed by atoms with Crippen molar-refractivity contribution in [2.45, 2.75) is 44.0 Å². The minimum absolute atomic E-state index is 0.177. The van der Waals surface area contributed by atoms with E-state index in [-0.39, 0.29) is 9.92 Å². The molecular weight excluding hydrogens is 308 g/mol. The third-order valence-corrected chi connectivity index (χ3v) is 5.53. The fourth-order valence-corrected chi connectivity index (χ4v) is 3.75. The summed E-state index contributed by atoms with van der Waals surface area (Å²) >= 11 is 6.06. The van der Waals surface area contributed by atoms with E-state index in [0.717, 1.165) is 24.9 Å². The normalized spacial score (nSPS) is 15.3. The molecule has 4 nitrogen and oxygen atoms in total. The van der Waals surface area contributed by atoms with Crippen molar-refractivity contribution in [3.05, 3.63) is 28.8 Å². The molecule has 0 heterocycles. The van der Waals surface area contributed by atoms with E-state index in [1.54, 1.807) is 12.1 Å². The molecule has 6 heteroatoms. The lowest BCUT2D eigenvalue weighted by molar-refractivity contribution is 0.575. The Kier molecular flexibility index (Phi) is 6.05. The highest BCUT2D eigenvalue weighted by atomic mass is 35.5. The van der Waals surface area contributed by atoms with E-state index in [9.17, 15) is 8.42 Å². The number of sulfonamides is 1. The van der Waals surface area contributed by atoms with Crippen molar-refractivity contribution in [3.8, 4) is 0 Å². The van der Waals surface area contributed by atoms with Crippen LogP contribution in [0.25, 0.3) is 0 Å². The van der Waals surface area contributed by atoms with E-state index in [1.165, 1.54) is 12.8 Å². The zero-order valence-electron chi connectivity index (χ0n) is 12.4. The highest BCUT2D eigenvalue weighted by Gasteiger charge is 2.23. The van der Waals surface area contributed by atoms with Crippen LogP contribution in [0.3, 0.4) is 0 Å². The van der Waals surface area contributed by atoms with Gasteiger partial charge in [0, 0.05) is 13.1 Å². The third-order valence-electron chi connectivity index (χ3n) is 3.58. The quantitative estimate of drug-likeness (QED) is 0.684. The van der Waals surface area contributed by atoms with Gasteiger partial charge in [0.25, 0.3) is 0 Å². The lowest BCUT2D eigenvalue weighted by Gasteiger charge is -2.10. The lowest BCUT2D eigenvalue weighted by Crippen LogP contribution is -2.25. The van der Waals surface area contributed by atoms with Gasteiger partial charge in [-0.25, -0.2) is 13.1 Å². The molecule has 0 amide bonds. The van der Waals surface area contributed by atoms with Gasteiger partial charge in [0.15, 0.2) is 0 Å². The van der Waals surface area contributed by atoms with Crippen molar-refractivity contribution in [1.82, 2.24) is 10.0 Å². The van der Waals surface area contributed by atoms with Crippen LogP contribution in [0.15, 0.2) is 23.1 Å². The summed E-state index contributed by atoms with van der Waals surface area (Å²) in [6, 6.07) is 5.17. The van der Waals surface area contributed by atoms with Crippen molar-refractivity contribution in [2.24, 2.45) is 5.92 Å². The van der Waals surface area contributed by atoms with Crippen LogP contribution < -0.4 is 10.0 Å². The number of hydrogen-bond acceptors (Lipinski definition) is 3. The molecule has 1 aliphatic rings. The van der Waals surface area contributed by atoms with E-state index >= 15 is 0 Å². The van der Waals surface area contributed by atoms with Crippen LogP contribution in [0.1, 0.15) is 38.2 Å². The highest BCUT2D eigenvalue weighted by Crippen LogP contribution is 2.32. The maximum Gasteiger partial charge on any atom is 0.242 e. The maximum absolute atomic E-state index is 12.3. The molecule has 1 aliphatic carbocycles. The maximum atomic E-state index is 12.3. The Morgan fingerprint density at radius 1 is 1.29 bits per heavy atom. The molecule has 118 valence electrons. The molecule has 0 unspecified atom stereocenters. The lowest BCUT2D eigenvalue weighted by atomic mass is 10.2. The Morgan fingerprint density at radius 2 is 2.05 bits per heavy atom. The number of benzene rings is 1. The zero-order chi connectivity index (χ0) is 15.3. The molecule has 0 atom stereocenters. The van der Waals surface area contributed by atoms with Gasteiger partial charge >= 0.3 is 0 Å². The topological polar surface area (TPSA) is 58.2 Å². The molecule has 0 saturated heterocycles. The van der Waals surface area contributed by atoms with Crippen LogP contribution >= 0.6 is 11.6 Å². The molecule has 1 aromatic carbocycles. The van der Waals surface area contributed by atoms with Crippen molar-refractivity contribution < 1.29 is 8.42 Å². The summed E-state index contributed by atoms with van der Waals surface area (Å²) in [5.41, 5.74) is 0.926. The first-order valence-corrected chi connectivity index (χ1v) is 9.38. The van der Waals surface area contributed by atoms with Crippen molar-refractivity contribution in [1.29, 1.82) is 0 Å². The average Bonchev–Trinajstić information content (AvgIpc) is 3.25. The van der Waals surface area contributed by atoms with E-state index in [1.807, 2.05) is 6.07 Å². The minimum Gasteiger partial charge on any atom is -0.313 e. The van der Waals surface area contributed by atoms with Crippen LogP contribution in [-0.2, 0) is 16.6 Å². The second-order valence-electron chi connectivity index (χ2n) is 5.57. The van der Waals surface area contributed by atoms with Gasteiger partial charge < -0.3 is 5.32 Å². The monoisotopic (exact) mass is 330 g/mol. The summed E-state index contributed by atoms with van der Waals surface area (Å²) in [7, 11) is -3.52. The van der Waals surface area contributed by atoms with Crippen molar-refractivity contribution in [2.75, 3.05) is 13.1 Å². The first kappa shape index (κ1) is 16.7. The first-order chi connectivity index (χ1) is 10.0. The van der Waals surface area contributed by atoms with Gasteiger partial charge in [-0.3, -0.25) is 0 Å². The molecule has 0 spiro atoms. The molecular formula is C15H23ClN2O2S. The predicted octanol–water partition coefficient (Wildman–Crippen LogP) is 2.92. The van der Waals surface area contributed by atoms with E-state index in [2.05, 4.69) is 17.0 Å². The molecule has 2 rings (SSSR count). The van der Waals surface area contributed by atoms with Gasteiger partial charge in [-0.1, -0.05) is 37.4 Å². The Morgan fingerprint density at radius 3 is 2.71 bits per heavy atom. The summed E-state index contributed by atoms with van der Waals surface area (Å²) in [6.07, 6.45) is 4.40. The SMILES string of the molecule is CCCNCc1ccc(Cl)c(S(=O)(=O)NCCC2CC2)c1. The number of hydrogen-bond donors (Lipinski definition) is 2. The number of halogens is 1. The fourth-order valence-electron chi connectivity index (χ4n) is 2.15. The average molecular weight is 331 g/mol. The van der Waals surface area contributed by atoms with Crippen LogP contribution in [0.4, 0.5) is 0 Å². The summed E-state index contributed by atoms with van der Waals surface area (Å²) in [6.45, 7) is 4.14. The minimum atomic E-state index is -3.52. The molecule has 0 aliphatic heterocycles. The molecule has 1 saturated carbocycles. The smallest absolute Gasteiger partial charge is 0.242 e. The molecule has 0 bridgehead atoms. The fraction of sp³-hybridized carbons (Fsp3) is 0.600. The van der Waals surface area contributed by atoms with E-state index in [0.29, 0.717) is 19.0 Å². The van der Waals surface area contributed by atoms with Crippen LogP contribution in [-0.4, -0.2) is 21.5 Å². The summed E-state index contributed by atoms with van der Waals surface area (Å²) in [5.74, 6) is 0.702.